The molecule has 0 aromatic heterocycles. The summed E-state index contributed by atoms with van der Waals surface area (Å²) in [5.41, 5.74) is -0.310. The smallest absolute Gasteiger partial charge is 0.0655 e. The van der Waals surface area contributed by atoms with Crippen LogP contribution < -0.4 is 0 Å². The van der Waals surface area contributed by atoms with Crippen LogP contribution in [-0.4, -0.2) is 10.7 Å². The topological polar surface area (TPSA) is 20.2 Å². The van der Waals surface area contributed by atoms with Gasteiger partial charge in [-0.2, -0.15) is 0 Å². The van der Waals surface area contributed by atoms with Gasteiger partial charge in [0, 0.05) is 0 Å². The van der Waals surface area contributed by atoms with E-state index in [0.717, 1.165) is 12.3 Å². The molecule has 1 fully saturated rings. The van der Waals surface area contributed by atoms with Gasteiger partial charge in [-0.15, -0.1) is 0 Å². The standard InChI is InChI=1S/C10H16O/c1-10(11)7-9(10)8-5-3-2-4-6-8/h2-3,8-9,11H,4-7H2,1H3. The SMILES string of the molecule is CC1(O)CC1C1CC=CCC1. The second-order valence-corrected chi connectivity index (χ2v) is 4.21. The molecular weight excluding hydrogens is 136 g/mol. The zero-order valence-corrected chi connectivity index (χ0v) is 7.09. The van der Waals surface area contributed by atoms with Gasteiger partial charge in [-0.25, -0.2) is 0 Å². The Morgan fingerprint density at radius 2 is 2.18 bits per heavy atom. The van der Waals surface area contributed by atoms with Gasteiger partial charge in [0.15, 0.2) is 0 Å². The first-order chi connectivity index (χ1) is 5.20. The fraction of sp³-hybridized carbons (Fsp3) is 0.800. The molecule has 1 N–H and O–H groups in total. The van der Waals surface area contributed by atoms with Gasteiger partial charge in [0.1, 0.15) is 0 Å². The summed E-state index contributed by atoms with van der Waals surface area (Å²) >= 11 is 0. The Morgan fingerprint density at radius 3 is 2.64 bits per heavy atom. The van der Waals surface area contributed by atoms with Crippen molar-refractivity contribution in [2.45, 2.75) is 38.2 Å². The maximum Gasteiger partial charge on any atom is 0.0655 e. The Labute approximate surface area is 68.1 Å². The largest absolute Gasteiger partial charge is 0.390 e. The van der Waals surface area contributed by atoms with Crippen LogP contribution in [0, 0.1) is 11.8 Å². The third-order valence-electron chi connectivity index (χ3n) is 3.15. The summed E-state index contributed by atoms with van der Waals surface area (Å²) in [7, 11) is 0. The molecule has 1 saturated carbocycles. The van der Waals surface area contributed by atoms with E-state index in [0.29, 0.717) is 5.92 Å². The molecule has 2 rings (SSSR count). The Kier molecular flexibility index (Phi) is 1.57. The van der Waals surface area contributed by atoms with E-state index in [1.807, 2.05) is 6.92 Å². The van der Waals surface area contributed by atoms with Gasteiger partial charge in [0.2, 0.25) is 0 Å². The first-order valence-electron chi connectivity index (χ1n) is 4.57. The zero-order valence-electron chi connectivity index (χ0n) is 7.09. The van der Waals surface area contributed by atoms with Gasteiger partial charge >= 0.3 is 0 Å². The molecule has 2 aliphatic carbocycles. The lowest BCUT2D eigenvalue weighted by Gasteiger charge is -2.18. The van der Waals surface area contributed by atoms with Crippen LogP contribution in [0.4, 0.5) is 0 Å². The van der Waals surface area contributed by atoms with E-state index in [9.17, 15) is 5.11 Å². The fourth-order valence-corrected chi connectivity index (χ4v) is 2.24. The van der Waals surface area contributed by atoms with E-state index in [1.54, 1.807) is 0 Å². The predicted molar refractivity (Wildman–Crippen MR) is 45.2 cm³/mol. The summed E-state index contributed by atoms with van der Waals surface area (Å²) in [6.45, 7) is 1.97. The average molecular weight is 152 g/mol. The van der Waals surface area contributed by atoms with Crippen molar-refractivity contribution in [1.29, 1.82) is 0 Å². The highest BCUT2D eigenvalue weighted by atomic mass is 16.3. The number of hydrogen-bond acceptors (Lipinski definition) is 1. The van der Waals surface area contributed by atoms with E-state index >= 15 is 0 Å². The molecule has 62 valence electrons. The number of aliphatic hydroxyl groups is 1. The third kappa shape index (κ3) is 1.34. The molecule has 1 nitrogen and oxygen atoms in total. The van der Waals surface area contributed by atoms with Crippen molar-refractivity contribution in [3.05, 3.63) is 12.2 Å². The summed E-state index contributed by atoms with van der Waals surface area (Å²) in [4.78, 5) is 0. The van der Waals surface area contributed by atoms with E-state index in [1.165, 1.54) is 19.3 Å². The molecule has 0 aromatic carbocycles. The minimum atomic E-state index is -0.310. The van der Waals surface area contributed by atoms with Gasteiger partial charge in [0.25, 0.3) is 0 Å². The van der Waals surface area contributed by atoms with Crippen LogP contribution in [-0.2, 0) is 0 Å². The number of rotatable bonds is 1. The first kappa shape index (κ1) is 7.35. The van der Waals surface area contributed by atoms with Crippen LogP contribution in [0.2, 0.25) is 0 Å². The van der Waals surface area contributed by atoms with E-state index in [-0.39, 0.29) is 5.60 Å². The molecule has 0 amide bonds. The second kappa shape index (κ2) is 2.34. The van der Waals surface area contributed by atoms with Crippen molar-refractivity contribution < 1.29 is 5.11 Å². The van der Waals surface area contributed by atoms with Crippen molar-refractivity contribution in [1.82, 2.24) is 0 Å². The quantitative estimate of drug-likeness (QED) is 0.570. The van der Waals surface area contributed by atoms with Crippen molar-refractivity contribution in [2.75, 3.05) is 0 Å². The van der Waals surface area contributed by atoms with Crippen molar-refractivity contribution in [3.8, 4) is 0 Å². The third-order valence-corrected chi connectivity index (χ3v) is 3.15. The molecule has 0 heterocycles. The summed E-state index contributed by atoms with van der Waals surface area (Å²) < 4.78 is 0. The van der Waals surface area contributed by atoms with Crippen LogP contribution in [0.3, 0.4) is 0 Å². The second-order valence-electron chi connectivity index (χ2n) is 4.21. The van der Waals surface area contributed by atoms with Gasteiger partial charge in [-0.05, 0) is 44.4 Å². The van der Waals surface area contributed by atoms with Crippen LogP contribution in [0.25, 0.3) is 0 Å². The van der Waals surface area contributed by atoms with E-state index < -0.39 is 0 Å². The summed E-state index contributed by atoms with van der Waals surface area (Å²) in [6, 6.07) is 0. The Balaban J connectivity index is 1.93. The lowest BCUT2D eigenvalue weighted by molar-refractivity contribution is 0.134. The highest BCUT2D eigenvalue weighted by Crippen LogP contribution is 2.51. The Hall–Kier alpha value is -0.300. The highest BCUT2D eigenvalue weighted by molar-refractivity contribution is 5.06. The first-order valence-corrected chi connectivity index (χ1v) is 4.57. The molecule has 0 aromatic rings. The number of allylic oxidation sites excluding steroid dienone is 2. The molecule has 11 heavy (non-hydrogen) atoms. The van der Waals surface area contributed by atoms with E-state index in [2.05, 4.69) is 12.2 Å². The molecule has 0 radical (unpaired) electrons. The molecule has 0 aliphatic heterocycles. The van der Waals surface area contributed by atoms with Crippen molar-refractivity contribution in [2.24, 2.45) is 11.8 Å². The maximum absolute atomic E-state index is 9.62. The van der Waals surface area contributed by atoms with Crippen LogP contribution >= 0.6 is 0 Å². The van der Waals surface area contributed by atoms with Crippen LogP contribution in [0.15, 0.2) is 12.2 Å². The summed E-state index contributed by atoms with van der Waals surface area (Å²) in [5, 5.41) is 9.62. The van der Waals surface area contributed by atoms with Crippen molar-refractivity contribution >= 4 is 0 Å². The summed E-state index contributed by atoms with van der Waals surface area (Å²) in [5.74, 6) is 1.38. The molecule has 2 aliphatic rings. The van der Waals surface area contributed by atoms with Crippen molar-refractivity contribution in [3.63, 3.8) is 0 Å². The lowest BCUT2D eigenvalue weighted by atomic mass is 9.89. The molecule has 1 heteroatoms. The van der Waals surface area contributed by atoms with Gasteiger partial charge < -0.3 is 5.11 Å². The minimum absolute atomic E-state index is 0.310. The van der Waals surface area contributed by atoms with E-state index in [4.69, 9.17) is 0 Å². The van der Waals surface area contributed by atoms with Gasteiger partial charge in [-0.1, -0.05) is 12.2 Å². The van der Waals surface area contributed by atoms with Gasteiger partial charge in [-0.3, -0.25) is 0 Å². The normalized spacial score (nSPS) is 49.3. The minimum Gasteiger partial charge on any atom is -0.390 e. The molecule has 3 atom stereocenters. The average Bonchev–Trinajstić information content (AvgIpc) is 2.62. The Morgan fingerprint density at radius 1 is 1.45 bits per heavy atom. The predicted octanol–water partition coefficient (Wildman–Crippen LogP) is 2.11. The van der Waals surface area contributed by atoms with Crippen LogP contribution in [0.5, 0.6) is 0 Å². The van der Waals surface area contributed by atoms with Crippen LogP contribution in [0.1, 0.15) is 32.6 Å². The fourth-order valence-electron chi connectivity index (χ4n) is 2.24. The monoisotopic (exact) mass is 152 g/mol. The Bertz CT molecular complexity index is 181. The maximum atomic E-state index is 9.62. The van der Waals surface area contributed by atoms with Gasteiger partial charge in [0.05, 0.1) is 5.60 Å². The number of hydrogen-bond donors (Lipinski definition) is 1. The molecule has 0 saturated heterocycles. The summed E-state index contributed by atoms with van der Waals surface area (Å²) in [6.07, 6.45) is 9.26. The molecule has 0 bridgehead atoms. The molecule has 3 unspecified atom stereocenters. The highest BCUT2D eigenvalue weighted by Gasteiger charge is 2.51. The molecular formula is C10H16O. The molecule has 0 spiro atoms. The lowest BCUT2D eigenvalue weighted by Crippen LogP contribution is -2.13. The zero-order chi connectivity index (χ0) is 7.90.